The number of rotatable bonds is 5. The summed E-state index contributed by atoms with van der Waals surface area (Å²) in [7, 11) is 0. The van der Waals surface area contributed by atoms with Crippen LogP contribution in [-0.4, -0.2) is 25.2 Å². The van der Waals surface area contributed by atoms with Crippen molar-refractivity contribution in [3.63, 3.8) is 0 Å². The van der Waals surface area contributed by atoms with E-state index in [1.54, 1.807) is 6.07 Å². The highest BCUT2D eigenvalue weighted by Crippen LogP contribution is 2.19. The molecule has 0 spiro atoms. The SMILES string of the molecule is O=C(Nc1ccc(OCC2CCCO2)cc1)c1cccs1. The maximum Gasteiger partial charge on any atom is 0.265 e. The third-order valence-corrected chi connectivity index (χ3v) is 4.19. The van der Waals surface area contributed by atoms with Gasteiger partial charge in [-0.2, -0.15) is 0 Å². The number of carbonyl (C=O) groups excluding carboxylic acids is 1. The van der Waals surface area contributed by atoms with E-state index in [1.807, 2.05) is 35.7 Å². The molecule has 2 heterocycles. The molecular formula is C16H17NO3S. The van der Waals surface area contributed by atoms with Crippen molar-refractivity contribution in [1.82, 2.24) is 0 Å². The largest absolute Gasteiger partial charge is 0.491 e. The van der Waals surface area contributed by atoms with E-state index in [-0.39, 0.29) is 12.0 Å². The number of carbonyl (C=O) groups is 1. The quantitative estimate of drug-likeness (QED) is 0.918. The number of anilines is 1. The first-order valence-corrected chi connectivity index (χ1v) is 7.88. The fraction of sp³-hybridized carbons (Fsp3) is 0.312. The Morgan fingerprint density at radius 2 is 2.19 bits per heavy atom. The van der Waals surface area contributed by atoms with Gasteiger partial charge in [0.15, 0.2) is 0 Å². The molecule has 1 saturated heterocycles. The normalized spacial score (nSPS) is 17.6. The van der Waals surface area contributed by atoms with E-state index in [4.69, 9.17) is 9.47 Å². The minimum absolute atomic E-state index is 0.0852. The minimum atomic E-state index is -0.0852. The molecule has 0 saturated carbocycles. The van der Waals surface area contributed by atoms with Gasteiger partial charge in [0.25, 0.3) is 5.91 Å². The lowest BCUT2D eigenvalue weighted by atomic mass is 10.2. The van der Waals surface area contributed by atoms with Crippen LogP contribution >= 0.6 is 11.3 Å². The molecule has 110 valence electrons. The molecule has 0 bridgehead atoms. The van der Waals surface area contributed by atoms with Crippen LogP contribution in [-0.2, 0) is 4.74 Å². The standard InChI is InChI=1S/C16H17NO3S/c18-16(15-4-2-10-21-15)17-12-5-7-13(8-6-12)20-11-14-3-1-9-19-14/h2,4-8,10,14H,1,3,9,11H2,(H,17,18). The minimum Gasteiger partial charge on any atom is -0.491 e. The molecule has 1 unspecified atom stereocenters. The summed E-state index contributed by atoms with van der Waals surface area (Å²) in [4.78, 5) is 12.6. The van der Waals surface area contributed by atoms with Gasteiger partial charge >= 0.3 is 0 Å². The van der Waals surface area contributed by atoms with Crippen LogP contribution in [0.15, 0.2) is 41.8 Å². The Bertz CT molecular complexity index is 574. The first kappa shape index (κ1) is 14.1. The second-order valence-corrected chi connectivity index (χ2v) is 5.85. The first-order chi connectivity index (χ1) is 10.3. The lowest BCUT2D eigenvalue weighted by Gasteiger charge is -2.12. The summed E-state index contributed by atoms with van der Waals surface area (Å²) < 4.78 is 11.2. The van der Waals surface area contributed by atoms with Crippen molar-refractivity contribution in [2.24, 2.45) is 0 Å². The fourth-order valence-electron chi connectivity index (χ4n) is 2.20. The molecular weight excluding hydrogens is 286 g/mol. The lowest BCUT2D eigenvalue weighted by Crippen LogP contribution is -2.16. The molecule has 1 fully saturated rings. The Labute approximate surface area is 127 Å². The maximum absolute atomic E-state index is 11.9. The van der Waals surface area contributed by atoms with Crippen LogP contribution in [0.2, 0.25) is 0 Å². The van der Waals surface area contributed by atoms with Gasteiger partial charge < -0.3 is 14.8 Å². The van der Waals surface area contributed by atoms with Gasteiger partial charge in [0.1, 0.15) is 12.4 Å². The number of nitrogens with one attached hydrogen (secondary N) is 1. The van der Waals surface area contributed by atoms with E-state index < -0.39 is 0 Å². The highest BCUT2D eigenvalue weighted by atomic mass is 32.1. The first-order valence-electron chi connectivity index (χ1n) is 7.00. The topological polar surface area (TPSA) is 47.6 Å². The van der Waals surface area contributed by atoms with E-state index in [0.717, 1.165) is 30.9 Å². The lowest BCUT2D eigenvalue weighted by molar-refractivity contribution is 0.0679. The van der Waals surface area contributed by atoms with Crippen molar-refractivity contribution in [2.75, 3.05) is 18.5 Å². The van der Waals surface area contributed by atoms with Gasteiger partial charge in [0.05, 0.1) is 11.0 Å². The summed E-state index contributed by atoms with van der Waals surface area (Å²) >= 11 is 1.43. The average molecular weight is 303 g/mol. The second kappa shape index (κ2) is 6.74. The Hall–Kier alpha value is -1.85. The molecule has 3 rings (SSSR count). The number of hydrogen-bond acceptors (Lipinski definition) is 4. The van der Waals surface area contributed by atoms with Crippen LogP contribution in [0, 0.1) is 0 Å². The van der Waals surface area contributed by atoms with Gasteiger partial charge in [-0.3, -0.25) is 4.79 Å². The van der Waals surface area contributed by atoms with Crippen LogP contribution in [0.3, 0.4) is 0 Å². The molecule has 1 atom stereocenters. The average Bonchev–Trinajstić information content (AvgIpc) is 3.20. The number of thiophene rings is 1. The van der Waals surface area contributed by atoms with Gasteiger partial charge in [-0.1, -0.05) is 6.07 Å². The third-order valence-electron chi connectivity index (χ3n) is 3.32. The molecule has 4 nitrogen and oxygen atoms in total. The summed E-state index contributed by atoms with van der Waals surface area (Å²) in [5, 5.41) is 4.75. The maximum atomic E-state index is 11.9. The van der Waals surface area contributed by atoms with Gasteiger partial charge in [-0.05, 0) is 48.6 Å². The predicted molar refractivity (Wildman–Crippen MR) is 83.2 cm³/mol. The zero-order chi connectivity index (χ0) is 14.5. The van der Waals surface area contributed by atoms with E-state index in [0.29, 0.717) is 11.5 Å². The predicted octanol–water partition coefficient (Wildman–Crippen LogP) is 3.56. The van der Waals surface area contributed by atoms with Crippen LogP contribution in [0.25, 0.3) is 0 Å². The van der Waals surface area contributed by atoms with Crippen molar-refractivity contribution in [1.29, 1.82) is 0 Å². The Balaban J connectivity index is 1.52. The summed E-state index contributed by atoms with van der Waals surface area (Å²) in [6, 6.07) is 11.1. The molecule has 5 heteroatoms. The third kappa shape index (κ3) is 3.83. The monoisotopic (exact) mass is 303 g/mol. The van der Waals surface area contributed by atoms with Gasteiger partial charge in [0.2, 0.25) is 0 Å². The molecule has 2 aromatic rings. The summed E-state index contributed by atoms with van der Waals surface area (Å²) in [5.41, 5.74) is 0.762. The Morgan fingerprint density at radius 1 is 1.33 bits per heavy atom. The number of amides is 1. The van der Waals surface area contributed by atoms with E-state index >= 15 is 0 Å². The summed E-state index contributed by atoms with van der Waals surface area (Å²) in [6.45, 7) is 1.42. The van der Waals surface area contributed by atoms with Crippen LogP contribution in [0.4, 0.5) is 5.69 Å². The highest BCUT2D eigenvalue weighted by Gasteiger charge is 2.15. The number of ether oxygens (including phenoxy) is 2. The molecule has 0 radical (unpaired) electrons. The smallest absolute Gasteiger partial charge is 0.265 e. The molecule has 1 aromatic carbocycles. The second-order valence-electron chi connectivity index (χ2n) is 4.90. The van der Waals surface area contributed by atoms with E-state index in [9.17, 15) is 4.79 Å². The summed E-state index contributed by atoms with van der Waals surface area (Å²) in [5.74, 6) is 0.706. The zero-order valence-corrected chi connectivity index (χ0v) is 12.4. The van der Waals surface area contributed by atoms with Gasteiger partial charge in [-0.25, -0.2) is 0 Å². The molecule has 1 aromatic heterocycles. The number of hydrogen-bond donors (Lipinski definition) is 1. The van der Waals surface area contributed by atoms with Crippen molar-refractivity contribution >= 4 is 22.9 Å². The highest BCUT2D eigenvalue weighted by molar-refractivity contribution is 7.12. The molecule has 1 aliphatic heterocycles. The Morgan fingerprint density at radius 3 is 2.86 bits per heavy atom. The molecule has 1 aliphatic rings. The van der Waals surface area contributed by atoms with E-state index in [1.165, 1.54) is 11.3 Å². The Kier molecular flexibility index (Phi) is 4.52. The molecule has 21 heavy (non-hydrogen) atoms. The zero-order valence-electron chi connectivity index (χ0n) is 11.6. The van der Waals surface area contributed by atoms with Crippen molar-refractivity contribution < 1.29 is 14.3 Å². The molecule has 1 N–H and O–H groups in total. The van der Waals surface area contributed by atoms with Crippen molar-refractivity contribution in [3.8, 4) is 5.75 Å². The van der Waals surface area contributed by atoms with E-state index in [2.05, 4.69) is 5.32 Å². The fourth-order valence-corrected chi connectivity index (χ4v) is 2.82. The van der Waals surface area contributed by atoms with Crippen LogP contribution in [0.5, 0.6) is 5.75 Å². The van der Waals surface area contributed by atoms with Crippen LogP contribution in [0.1, 0.15) is 22.5 Å². The molecule has 1 amide bonds. The molecule has 0 aliphatic carbocycles. The van der Waals surface area contributed by atoms with Crippen molar-refractivity contribution in [3.05, 3.63) is 46.7 Å². The van der Waals surface area contributed by atoms with Crippen molar-refractivity contribution in [2.45, 2.75) is 18.9 Å². The van der Waals surface area contributed by atoms with Crippen LogP contribution < -0.4 is 10.1 Å². The van der Waals surface area contributed by atoms with Gasteiger partial charge in [0, 0.05) is 12.3 Å². The summed E-state index contributed by atoms with van der Waals surface area (Å²) in [6.07, 6.45) is 2.39. The number of benzene rings is 1. The van der Waals surface area contributed by atoms with Gasteiger partial charge in [-0.15, -0.1) is 11.3 Å².